The average molecular weight is 367 g/mol. The van der Waals surface area contributed by atoms with E-state index in [1.54, 1.807) is 0 Å². The fraction of sp³-hybridized carbons (Fsp3) is 0.571. The lowest BCUT2D eigenvalue weighted by molar-refractivity contribution is -0.150. The summed E-state index contributed by atoms with van der Waals surface area (Å²) in [5.74, 6) is 0.934. The monoisotopic (exact) mass is 367 g/mol. The van der Waals surface area contributed by atoms with Gasteiger partial charge < -0.3 is 14.8 Å². The molecular weight excluding hydrogens is 338 g/mol. The molecule has 1 atom stereocenters. The zero-order chi connectivity index (χ0) is 19.4. The van der Waals surface area contributed by atoms with E-state index in [2.05, 4.69) is 36.7 Å². The van der Waals surface area contributed by atoms with Gasteiger partial charge in [-0.25, -0.2) is 4.99 Å². The van der Waals surface area contributed by atoms with E-state index in [1.807, 2.05) is 23.4 Å². The lowest BCUT2D eigenvalue weighted by Crippen LogP contribution is -2.69. The van der Waals surface area contributed by atoms with Gasteiger partial charge in [-0.3, -0.25) is 4.79 Å². The molecule has 2 aliphatic heterocycles. The van der Waals surface area contributed by atoms with E-state index in [4.69, 9.17) is 10.3 Å². The zero-order valence-corrected chi connectivity index (χ0v) is 16.6. The number of aliphatic imine (C=N–C) groups is 1. The standard InChI is InChI=1S/C21H29N5O/c1-4-16(2)14-24-20(18-7-11-23-17(18)3)25-12-5-8-21(15-25)9-13-26(21)19(27)6-10-22/h7,11,14,23H,4-6,8-9,12-13,15H2,1-3H3/b16-14+,24-20?. The molecule has 0 aromatic carbocycles. The number of aromatic nitrogens is 1. The van der Waals surface area contributed by atoms with Crippen molar-refractivity contribution in [1.29, 1.82) is 5.26 Å². The summed E-state index contributed by atoms with van der Waals surface area (Å²) in [5.41, 5.74) is 3.31. The van der Waals surface area contributed by atoms with Gasteiger partial charge in [0.05, 0.1) is 11.6 Å². The van der Waals surface area contributed by atoms with E-state index < -0.39 is 0 Å². The van der Waals surface area contributed by atoms with Crippen molar-refractivity contribution in [1.82, 2.24) is 14.8 Å². The maximum atomic E-state index is 12.4. The van der Waals surface area contributed by atoms with Gasteiger partial charge in [0, 0.05) is 43.3 Å². The second-order valence-corrected chi connectivity index (χ2v) is 7.68. The van der Waals surface area contributed by atoms with Gasteiger partial charge in [-0.05, 0) is 45.6 Å². The van der Waals surface area contributed by atoms with Crippen molar-refractivity contribution in [2.24, 2.45) is 4.99 Å². The Morgan fingerprint density at radius 1 is 1.44 bits per heavy atom. The summed E-state index contributed by atoms with van der Waals surface area (Å²) >= 11 is 0. The molecule has 1 spiro atoms. The molecule has 1 amide bonds. The molecule has 1 unspecified atom stereocenters. The smallest absolute Gasteiger partial charge is 0.237 e. The van der Waals surface area contributed by atoms with Crippen molar-refractivity contribution >= 4 is 11.7 Å². The van der Waals surface area contributed by atoms with Gasteiger partial charge in [-0.2, -0.15) is 5.26 Å². The summed E-state index contributed by atoms with van der Waals surface area (Å²) in [4.78, 5) is 24.7. The minimum absolute atomic E-state index is 0.0297. The number of piperidine rings is 1. The molecule has 144 valence electrons. The molecular formula is C21H29N5O. The molecule has 0 saturated carbocycles. The highest BCUT2D eigenvalue weighted by Gasteiger charge is 2.49. The van der Waals surface area contributed by atoms with Gasteiger partial charge >= 0.3 is 0 Å². The Labute approximate surface area is 161 Å². The highest BCUT2D eigenvalue weighted by molar-refractivity contribution is 6.00. The van der Waals surface area contributed by atoms with Gasteiger partial charge in [-0.1, -0.05) is 12.5 Å². The predicted octanol–water partition coefficient (Wildman–Crippen LogP) is 3.36. The molecule has 6 nitrogen and oxygen atoms in total. The SMILES string of the molecule is CC/C(C)=C/N=C(c1cc[nH]c1C)N1CCCC2(CCN2C(=O)CC#N)C1. The fourth-order valence-electron chi connectivity index (χ4n) is 4.09. The van der Waals surface area contributed by atoms with E-state index in [0.29, 0.717) is 0 Å². The number of carbonyl (C=O) groups is 1. The maximum absolute atomic E-state index is 12.4. The molecule has 0 aliphatic carbocycles. The number of hydrogen-bond donors (Lipinski definition) is 1. The molecule has 2 aliphatic rings. The number of nitriles is 1. The predicted molar refractivity (Wildman–Crippen MR) is 106 cm³/mol. The topological polar surface area (TPSA) is 75.5 Å². The van der Waals surface area contributed by atoms with Gasteiger partial charge in [0.15, 0.2) is 0 Å². The number of amidine groups is 1. The first kappa shape index (κ1) is 19.2. The number of likely N-dealkylation sites (tertiary alicyclic amines) is 2. The fourth-order valence-corrected chi connectivity index (χ4v) is 4.09. The molecule has 1 aromatic rings. The number of allylic oxidation sites excluding steroid dienone is 1. The van der Waals surface area contributed by atoms with E-state index in [9.17, 15) is 4.79 Å². The van der Waals surface area contributed by atoms with Crippen molar-refractivity contribution in [3.05, 3.63) is 35.3 Å². The number of H-pyrrole nitrogens is 1. The van der Waals surface area contributed by atoms with Crippen LogP contribution < -0.4 is 0 Å². The second-order valence-electron chi connectivity index (χ2n) is 7.68. The first-order valence-electron chi connectivity index (χ1n) is 9.81. The first-order chi connectivity index (χ1) is 13.0. The molecule has 6 heteroatoms. The largest absolute Gasteiger partial charge is 0.365 e. The minimum Gasteiger partial charge on any atom is -0.365 e. The Kier molecular flexibility index (Phi) is 5.69. The normalized spacial score (nSPS) is 23.3. The van der Waals surface area contributed by atoms with Gasteiger partial charge in [0.25, 0.3) is 0 Å². The van der Waals surface area contributed by atoms with Crippen molar-refractivity contribution in [3.8, 4) is 6.07 Å². The number of carbonyl (C=O) groups excluding carboxylic acids is 1. The Hall–Kier alpha value is -2.55. The minimum atomic E-state index is -0.138. The van der Waals surface area contributed by atoms with E-state index in [-0.39, 0.29) is 17.9 Å². The van der Waals surface area contributed by atoms with E-state index in [0.717, 1.165) is 62.4 Å². The van der Waals surface area contributed by atoms with Crippen LogP contribution in [-0.4, -0.2) is 51.7 Å². The number of rotatable bonds is 4. The van der Waals surface area contributed by atoms with Crippen LogP contribution in [0.15, 0.2) is 29.0 Å². The molecule has 0 bridgehead atoms. The molecule has 2 saturated heterocycles. The summed E-state index contributed by atoms with van der Waals surface area (Å²) < 4.78 is 0. The summed E-state index contributed by atoms with van der Waals surface area (Å²) in [5, 5.41) is 8.90. The zero-order valence-electron chi connectivity index (χ0n) is 16.6. The average Bonchev–Trinajstić information content (AvgIpc) is 3.07. The Morgan fingerprint density at radius 2 is 2.26 bits per heavy atom. The maximum Gasteiger partial charge on any atom is 0.237 e. The van der Waals surface area contributed by atoms with Crippen LogP contribution in [0.4, 0.5) is 0 Å². The lowest BCUT2D eigenvalue weighted by Gasteiger charge is -2.57. The highest BCUT2D eigenvalue weighted by Crippen LogP contribution is 2.39. The van der Waals surface area contributed by atoms with Crippen LogP contribution in [0.5, 0.6) is 0 Å². The lowest BCUT2D eigenvalue weighted by atomic mass is 9.77. The van der Waals surface area contributed by atoms with Crippen LogP contribution in [0.1, 0.15) is 57.2 Å². The van der Waals surface area contributed by atoms with Crippen molar-refractivity contribution in [3.63, 3.8) is 0 Å². The van der Waals surface area contributed by atoms with Crippen molar-refractivity contribution in [2.45, 2.75) is 58.4 Å². The van der Waals surface area contributed by atoms with E-state index >= 15 is 0 Å². The van der Waals surface area contributed by atoms with Crippen LogP contribution >= 0.6 is 0 Å². The number of aromatic amines is 1. The first-order valence-corrected chi connectivity index (χ1v) is 9.81. The summed E-state index contributed by atoms with van der Waals surface area (Å²) in [7, 11) is 0. The third-order valence-electron chi connectivity index (χ3n) is 5.92. The summed E-state index contributed by atoms with van der Waals surface area (Å²) in [6, 6.07) is 4.07. The number of aryl methyl sites for hydroxylation is 1. The van der Waals surface area contributed by atoms with Gasteiger partial charge in [0.1, 0.15) is 12.3 Å². The molecule has 27 heavy (non-hydrogen) atoms. The third-order valence-corrected chi connectivity index (χ3v) is 5.92. The van der Waals surface area contributed by atoms with Crippen LogP contribution in [0.2, 0.25) is 0 Å². The number of nitrogens with one attached hydrogen (secondary N) is 1. The summed E-state index contributed by atoms with van der Waals surface area (Å²) in [6.07, 6.45) is 7.88. The van der Waals surface area contributed by atoms with Crippen molar-refractivity contribution in [2.75, 3.05) is 19.6 Å². The van der Waals surface area contributed by atoms with Gasteiger partial charge in [0.2, 0.25) is 5.91 Å². The second kappa shape index (κ2) is 7.99. The number of nitrogens with zero attached hydrogens (tertiary/aromatic N) is 4. The molecule has 1 N–H and O–H groups in total. The highest BCUT2D eigenvalue weighted by atomic mass is 16.2. The summed E-state index contributed by atoms with van der Waals surface area (Å²) in [6.45, 7) is 8.77. The van der Waals surface area contributed by atoms with Crippen LogP contribution in [0.3, 0.4) is 0 Å². The Balaban J connectivity index is 1.88. The third kappa shape index (κ3) is 3.78. The van der Waals surface area contributed by atoms with Crippen LogP contribution in [0, 0.1) is 18.3 Å². The van der Waals surface area contributed by atoms with E-state index in [1.165, 1.54) is 5.57 Å². The van der Waals surface area contributed by atoms with Crippen LogP contribution in [-0.2, 0) is 4.79 Å². The van der Waals surface area contributed by atoms with Crippen molar-refractivity contribution < 1.29 is 4.79 Å². The molecule has 3 rings (SSSR count). The molecule has 1 aromatic heterocycles. The Morgan fingerprint density at radius 3 is 2.85 bits per heavy atom. The number of hydrogen-bond acceptors (Lipinski definition) is 3. The molecule has 0 radical (unpaired) electrons. The van der Waals surface area contributed by atoms with Crippen LogP contribution in [0.25, 0.3) is 0 Å². The Bertz CT molecular complexity index is 800. The quantitative estimate of drug-likeness (QED) is 0.655. The molecule has 2 fully saturated rings. The number of amides is 1. The van der Waals surface area contributed by atoms with Gasteiger partial charge in [-0.15, -0.1) is 0 Å². The molecule has 3 heterocycles.